The quantitative estimate of drug-likeness (QED) is 0.926. The van der Waals surface area contributed by atoms with Crippen molar-refractivity contribution in [2.75, 3.05) is 11.4 Å². The number of benzene rings is 1. The topological polar surface area (TPSA) is 79.7 Å². The van der Waals surface area contributed by atoms with Gasteiger partial charge in [0.25, 0.3) is 5.91 Å². The molecular formula is C15H12N2O4. The molecule has 6 nitrogen and oxygen atoms in total. The molecule has 106 valence electrons. The number of anilines is 1. The van der Waals surface area contributed by atoms with Crippen molar-refractivity contribution >= 4 is 17.7 Å². The number of amides is 1. The van der Waals surface area contributed by atoms with Crippen molar-refractivity contribution in [3.8, 4) is 5.75 Å². The van der Waals surface area contributed by atoms with Crippen LogP contribution in [0.4, 0.5) is 5.82 Å². The Morgan fingerprint density at radius 1 is 1.24 bits per heavy atom. The summed E-state index contributed by atoms with van der Waals surface area (Å²) in [7, 11) is 0. The molecule has 21 heavy (non-hydrogen) atoms. The van der Waals surface area contributed by atoms with Crippen LogP contribution in [0.25, 0.3) is 0 Å². The number of nitrogens with zero attached hydrogens (tertiary/aromatic N) is 2. The van der Waals surface area contributed by atoms with Gasteiger partial charge < -0.3 is 9.84 Å². The summed E-state index contributed by atoms with van der Waals surface area (Å²) in [5, 5.41) is 9.00. The highest BCUT2D eigenvalue weighted by Gasteiger charge is 2.37. The van der Waals surface area contributed by atoms with Crippen molar-refractivity contribution in [2.45, 2.75) is 6.10 Å². The summed E-state index contributed by atoms with van der Waals surface area (Å²) >= 11 is 0. The molecule has 0 saturated carbocycles. The summed E-state index contributed by atoms with van der Waals surface area (Å²) in [6.45, 7) is -0.449. The Hall–Kier alpha value is -2.89. The standard InChI is InChI=1S/C15H12N2O4/c18-12(19)9-17-14-11(7-4-8-16-14)21-13(15(17)20)10-5-2-1-3-6-10/h1-8,13H,9H2,(H,18,19)/t13-/m1/s1. The number of aromatic nitrogens is 1. The molecular weight excluding hydrogens is 272 g/mol. The largest absolute Gasteiger partial charge is 0.480 e. The number of hydrogen-bond acceptors (Lipinski definition) is 4. The zero-order valence-electron chi connectivity index (χ0n) is 11.0. The van der Waals surface area contributed by atoms with E-state index in [0.717, 1.165) is 4.90 Å². The van der Waals surface area contributed by atoms with Crippen LogP contribution in [0.2, 0.25) is 0 Å². The fourth-order valence-corrected chi connectivity index (χ4v) is 2.23. The molecule has 1 aliphatic heterocycles. The summed E-state index contributed by atoms with van der Waals surface area (Å²) in [6.07, 6.45) is 0.634. The minimum absolute atomic E-state index is 0.233. The summed E-state index contributed by atoms with van der Waals surface area (Å²) in [5.74, 6) is -0.909. The molecule has 0 fully saturated rings. The predicted molar refractivity (Wildman–Crippen MR) is 74.0 cm³/mol. The van der Waals surface area contributed by atoms with Crippen LogP contribution in [0.15, 0.2) is 48.7 Å². The van der Waals surface area contributed by atoms with E-state index in [1.807, 2.05) is 6.07 Å². The Bertz CT molecular complexity index is 687. The van der Waals surface area contributed by atoms with Gasteiger partial charge >= 0.3 is 5.97 Å². The van der Waals surface area contributed by atoms with Crippen LogP contribution in [0, 0.1) is 0 Å². The second kappa shape index (κ2) is 5.24. The van der Waals surface area contributed by atoms with E-state index in [1.54, 1.807) is 36.4 Å². The Labute approximate surface area is 120 Å². The van der Waals surface area contributed by atoms with Gasteiger partial charge in [-0.2, -0.15) is 0 Å². The third kappa shape index (κ3) is 2.43. The third-order valence-electron chi connectivity index (χ3n) is 3.14. The summed E-state index contributed by atoms with van der Waals surface area (Å²) in [6, 6.07) is 12.3. The van der Waals surface area contributed by atoms with E-state index in [9.17, 15) is 9.59 Å². The molecule has 6 heteroatoms. The molecule has 0 unspecified atom stereocenters. The molecule has 0 aliphatic carbocycles. The molecule has 0 spiro atoms. The number of pyridine rings is 1. The number of carbonyl (C=O) groups is 2. The number of hydrogen-bond donors (Lipinski definition) is 1. The van der Waals surface area contributed by atoms with Crippen LogP contribution < -0.4 is 9.64 Å². The molecule has 3 rings (SSSR count). The summed E-state index contributed by atoms with van der Waals surface area (Å²) in [4.78, 5) is 28.7. The fraction of sp³-hybridized carbons (Fsp3) is 0.133. The number of aliphatic carboxylic acids is 1. The summed E-state index contributed by atoms with van der Waals surface area (Å²) in [5.41, 5.74) is 0.674. The Kier molecular flexibility index (Phi) is 3.27. The average Bonchev–Trinajstić information content (AvgIpc) is 2.50. The monoisotopic (exact) mass is 284 g/mol. The lowest BCUT2D eigenvalue weighted by atomic mass is 10.1. The number of carboxylic acids is 1. The van der Waals surface area contributed by atoms with Crippen LogP contribution in [0.1, 0.15) is 11.7 Å². The molecule has 0 saturated heterocycles. The molecule has 1 aromatic heterocycles. The SMILES string of the molecule is O=C(O)CN1C(=O)[C@@H](c2ccccc2)Oc2cccnc21. The van der Waals surface area contributed by atoms with Crippen molar-refractivity contribution in [3.63, 3.8) is 0 Å². The third-order valence-corrected chi connectivity index (χ3v) is 3.14. The van der Waals surface area contributed by atoms with Crippen LogP contribution in [0.3, 0.4) is 0 Å². The first-order valence-electron chi connectivity index (χ1n) is 6.36. The van der Waals surface area contributed by atoms with Crippen LogP contribution in [-0.2, 0) is 9.59 Å². The Morgan fingerprint density at radius 2 is 2.00 bits per heavy atom. The van der Waals surface area contributed by atoms with Gasteiger partial charge in [0.05, 0.1) is 0 Å². The van der Waals surface area contributed by atoms with Crippen molar-refractivity contribution in [3.05, 3.63) is 54.2 Å². The number of carbonyl (C=O) groups excluding carboxylic acids is 1. The van der Waals surface area contributed by atoms with Crippen LogP contribution in [0.5, 0.6) is 5.75 Å². The lowest BCUT2D eigenvalue weighted by Crippen LogP contribution is -2.44. The zero-order valence-corrected chi connectivity index (χ0v) is 11.0. The van der Waals surface area contributed by atoms with E-state index in [4.69, 9.17) is 9.84 Å². The number of carboxylic acid groups (broad SMARTS) is 1. The molecule has 1 N–H and O–H groups in total. The highest BCUT2D eigenvalue weighted by molar-refractivity contribution is 6.02. The maximum Gasteiger partial charge on any atom is 0.323 e. The van der Waals surface area contributed by atoms with E-state index in [-0.39, 0.29) is 5.82 Å². The molecule has 1 amide bonds. The van der Waals surface area contributed by atoms with E-state index in [1.165, 1.54) is 6.20 Å². The van der Waals surface area contributed by atoms with Crippen LogP contribution >= 0.6 is 0 Å². The smallest absolute Gasteiger partial charge is 0.323 e. The number of ether oxygens (including phenoxy) is 1. The summed E-state index contributed by atoms with van der Waals surface area (Å²) < 4.78 is 5.70. The van der Waals surface area contributed by atoms with Gasteiger partial charge in [-0.05, 0) is 12.1 Å². The fourth-order valence-electron chi connectivity index (χ4n) is 2.23. The van der Waals surface area contributed by atoms with Crippen molar-refractivity contribution in [1.82, 2.24) is 4.98 Å². The molecule has 0 radical (unpaired) electrons. The average molecular weight is 284 g/mol. The van der Waals surface area contributed by atoms with E-state index in [2.05, 4.69) is 4.98 Å². The van der Waals surface area contributed by atoms with Gasteiger partial charge in [-0.1, -0.05) is 30.3 Å². The molecule has 2 heterocycles. The molecule has 0 bridgehead atoms. The molecule has 1 atom stereocenters. The number of fused-ring (bicyclic) bond motifs is 1. The zero-order chi connectivity index (χ0) is 14.8. The Balaban J connectivity index is 2.04. The number of rotatable bonds is 3. The first kappa shape index (κ1) is 13.1. The lowest BCUT2D eigenvalue weighted by Gasteiger charge is -2.32. The predicted octanol–water partition coefficient (Wildman–Crippen LogP) is 1.63. The maximum atomic E-state index is 12.5. The molecule has 1 aromatic carbocycles. The van der Waals surface area contributed by atoms with Crippen molar-refractivity contribution in [1.29, 1.82) is 0 Å². The first-order chi connectivity index (χ1) is 10.2. The minimum atomic E-state index is -1.10. The molecule has 2 aromatic rings. The van der Waals surface area contributed by atoms with E-state index >= 15 is 0 Å². The van der Waals surface area contributed by atoms with Gasteiger partial charge in [0.15, 0.2) is 11.6 Å². The van der Waals surface area contributed by atoms with E-state index in [0.29, 0.717) is 11.3 Å². The van der Waals surface area contributed by atoms with Gasteiger partial charge in [-0.3, -0.25) is 14.5 Å². The first-order valence-corrected chi connectivity index (χ1v) is 6.36. The van der Waals surface area contributed by atoms with Crippen LogP contribution in [-0.4, -0.2) is 28.5 Å². The molecule has 1 aliphatic rings. The van der Waals surface area contributed by atoms with Gasteiger partial charge in [0, 0.05) is 11.8 Å². The highest BCUT2D eigenvalue weighted by atomic mass is 16.5. The highest BCUT2D eigenvalue weighted by Crippen LogP contribution is 2.36. The van der Waals surface area contributed by atoms with Crippen molar-refractivity contribution in [2.24, 2.45) is 0 Å². The van der Waals surface area contributed by atoms with Gasteiger partial charge in [-0.25, -0.2) is 4.98 Å². The van der Waals surface area contributed by atoms with Gasteiger partial charge in [-0.15, -0.1) is 0 Å². The Morgan fingerprint density at radius 3 is 2.71 bits per heavy atom. The van der Waals surface area contributed by atoms with Gasteiger partial charge in [0.1, 0.15) is 6.54 Å². The maximum absolute atomic E-state index is 12.5. The second-order valence-electron chi connectivity index (χ2n) is 4.55. The lowest BCUT2D eigenvalue weighted by molar-refractivity contribution is -0.138. The minimum Gasteiger partial charge on any atom is -0.480 e. The normalized spacial score (nSPS) is 17.0. The van der Waals surface area contributed by atoms with Gasteiger partial charge in [0.2, 0.25) is 6.10 Å². The van der Waals surface area contributed by atoms with Crippen molar-refractivity contribution < 1.29 is 19.4 Å². The second-order valence-corrected chi connectivity index (χ2v) is 4.55. The van der Waals surface area contributed by atoms with E-state index < -0.39 is 24.5 Å².